The zero-order valence-corrected chi connectivity index (χ0v) is 14.3. The summed E-state index contributed by atoms with van der Waals surface area (Å²) in [6.07, 6.45) is 0. The van der Waals surface area contributed by atoms with Crippen LogP contribution in [0.2, 0.25) is 0 Å². The Morgan fingerprint density at radius 1 is 1.15 bits per heavy atom. The number of urea groups is 1. The molecule has 0 aliphatic carbocycles. The van der Waals surface area contributed by atoms with E-state index in [0.717, 1.165) is 4.90 Å². The van der Waals surface area contributed by atoms with Crippen molar-refractivity contribution in [3.05, 3.63) is 24.3 Å². The molecule has 0 aromatic heterocycles. The summed E-state index contributed by atoms with van der Waals surface area (Å²) in [5.41, 5.74) is 0.909. The summed E-state index contributed by atoms with van der Waals surface area (Å²) in [6.45, 7) is 0.137. The lowest BCUT2D eigenvalue weighted by molar-refractivity contribution is -0.149. The van der Waals surface area contributed by atoms with Crippen LogP contribution in [-0.4, -0.2) is 66.3 Å². The van der Waals surface area contributed by atoms with E-state index in [0.29, 0.717) is 11.4 Å². The van der Waals surface area contributed by atoms with Crippen LogP contribution in [0.4, 0.5) is 16.2 Å². The van der Waals surface area contributed by atoms with Crippen LogP contribution in [0.25, 0.3) is 0 Å². The monoisotopic (exact) mass is 362 g/mol. The molecule has 10 heteroatoms. The third kappa shape index (κ3) is 5.03. The molecule has 138 valence electrons. The molecule has 1 saturated heterocycles. The van der Waals surface area contributed by atoms with Crippen molar-refractivity contribution < 1.29 is 28.7 Å². The molecule has 1 aromatic carbocycles. The third-order valence-electron chi connectivity index (χ3n) is 3.35. The van der Waals surface area contributed by atoms with Gasteiger partial charge in [-0.25, -0.2) is 4.79 Å². The fourth-order valence-corrected chi connectivity index (χ4v) is 2.22. The fourth-order valence-electron chi connectivity index (χ4n) is 2.22. The second-order valence-electron chi connectivity index (χ2n) is 5.59. The normalized spacial score (nSPS) is 13.6. The molecule has 2 rings (SSSR count). The average Bonchev–Trinajstić information content (AvgIpc) is 2.79. The molecule has 1 heterocycles. The maximum atomic E-state index is 11.8. The van der Waals surface area contributed by atoms with E-state index in [2.05, 4.69) is 10.6 Å². The lowest BCUT2D eigenvalue weighted by atomic mass is 10.2. The lowest BCUT2D eigenvalue weighted by Gasteiger charge is -2.13. The molecule has 0 atom stereocenters. The molecule has 2 N–H and O–H groups in total. The van der Waals surface area contributed by atoms with Crippen LogP contribution in [0, 0.1) is 0 Å². The maximum absolute atomic E-state index is 11.8. The zero-order chi connectivity index (χ0) is 19.3. The second-order valence-corrected chi connectivity index (χ2v) is 5.59. The topological polar surface area (TPSA) is 125 Å². The van der Waals surface area contributed by atoms with Crippen LogP contribution in [0.5, 0.6) is 0 Å². The van der Waals surface area contributed by atoms with Crippen LogP contribution in [0.1, 0.15) is 6.92 Å². The van der Waals surface area contributed by atoms with Gasteiger partial charge in [0.2, 0.25) is 5.91 Å². The van der Waals surface area contributed by atoms with Crippen molar-refractivity contribution in [2.24, 2.45) is 0 Å². The highest BCUT2D eigenvalue weighted by molar-refractivity contribution is 6.04. The van der Waals surface area contributed by atoms with Crippen molar-refractivity contribution in [1.82, 2.24) is 9.80 Å². The van der Waals surface area contributed by atoms with E-state index in [-0.39, 0.29) is 12.5 Å². The summed E-state index contributed by atoms with van der Waals surface area (Å²) in [6, 6.07) is 5.83. The van der Waals surface area contributed by atoms with Gasteiger partial charge in [-0.2, -0.15) is 0 Å². The lowest BCUT2D eigenvalue weighted by Crippen LogP contribution is -2.37. The highest BCUT2D eigenvalue weighted by atomic mass is 16.5. The second kappa shape index (κ2) is 8.10. The minimum absolute atomic E-state index is 0.1000. The SMILES string of the molecule is CC(=O)Nc1cccc(NC(=O)COC(=O)CN2C(=O)CN(C)C2=O)c1. The first kappa shape index (κ1) is 18.9. The number of carbonyl (C=O) groups excluding carboxylic acids is 5. The van der Waals surface area contributed by atoms with E-state index >= 15 is 0 Å². The molecule has 26 heavy (non-hydrogen) atoms. The first-order valence-corrected chi connectivity index (χ1v) is 7.65. The van der Waals surface area contributed by atoms with E-state index < -0.39 is 37.0 Å². The van der Waals surface area contributed by atoms with Gasteiger partial charge in [0.1, 0.15) is 13.1 Å². The number of anilines is 2. The Balaban J connectivity index is 1.81. The fraction of sp³-hybridized carbons (Fsp3) is 0.312. The van der Waals surface area contributed by atoms with E-state index in [9.17, 15) is 24.0 Å². The number of imide groups is 1. The van der Waals surface area contributed by atoms with E-state index in [4.69, 9.17) is 4.74 Å². The first-order valence-electron chi connectivity index (χ1n) is 7.65. The van der Waals surface area contributed by atoms with Crippen molar-refractivity contribution in [3.63, 3.8) is 0 Å². The van der Waals surface area contributed by atoms with Crippen LogP contribution >= 0.6 is 0 Å². The molecule has 0 unspecified atom stereocenters. The summed E-state index contributed by atoms with van der Waals surface area (Å²) in [5.74, 6) is -2.23. The molecule has 10 nitrogen and oxygen atoms in total. The molecule has 5 amide bonds. The van der Waals surface area contributed by atoms with Gasteiger partial charge in [-0.1, -0.05) is 6.07 Å². The summed E-state index contributed by atoms with van der Waals surface area (Å²) < 4.78 is 4.78. The molecular weight excluding hydrogens is 344 g/mol. The summed E-state index contributed by atoms with van der Waals surface area (Å²) in [5, 5.41) is 5.08. The highest BCUT2D eigenvalue weighted by Crippen LogP contribution is 2.15. The van der Waals surface area contributed by atoms with E-state index in [1.165, 1.54) is 18.9 Å². The number of esters is 1. The number of rotatable bonds is 6. The van der Waals surface area contributed by atoms with Gasteiger partial charge in [0.25, 0.3) is 11.8 Å². The minimum atomic E-state index is -0.871. The molecule has 1 aliphatic rings. The number of carbonyl (C=O) groups is 5. The number of nitrogens with one attached hydrogen (secondary N) is 2. The van der Waals surface area contributed by atoms with Gasteiger partial charge in [-0.05, 0) is 18.2 Å². The van der Waals surface area contributed by atoms with Gasteiger partial charge in [-0.15, -0.1) is 0 Å². The summed E-state index contributed by atoms with van der Waals surface area (Å²) in [4.78, 5) is 59.7. The van der Waals surface area contributed by atoms with Crippen molar-refractivity contribution >= 4 is 41.1 Å². The Hall–Kier alpha value is -3.43. The van der Waals surface area contributed by atoms with Gasteiger partial charge in [0.15, 0.2) is 6.61 Å². The number of benzene rings is 1. The molecule has 0 spiro atoms. The van der Waals surface area contributed by atoms with Crippen molar-refractivity contribution in [1.29, 1.82) is 0 Å². The molecule has 0 saturated carbocycles. The van der Waals surface area contributed by atoms with Gasteiger partial charge in [0, 0.05) is 25.3 Å². The molecule has 1 fully saturated rings. The van der Waals surface area contributed by atoms with Gasteiger partial charge in [0.05, 0.1) is 0 Å². The Kier molecular flexibility index (Phi) is 5.89. The number of hydrogen-bond acceptors (Lipinski definition) is 6. The number of nitrogens with zero attached hydrogens (tertiary/aromatic N) is 2. The molecule has 1 aromatic rings. The van der Waals surface area contributed by atoms with Crippen LogP contribution in [0.15, 0.2) is 24.3 Å². The van der Waals surface area contributed by atoms with Crippen molar-refractivity contribution in [2.45, 2.75) is 6.92 Å². The zero-order valence-electron chi connectivity index (χ0n) is 14.3. The van der Waals surface area contributed by atoms with E-state index in [1.807, 2.05) is 0 Å². The molecule has 0 radical (unpaired) electrons. The molecule has 1 aliphatic heterocycles. The number of hydrogen-bond donors (Lipinski definition) is 2. The third-order valence-corrected chi connectivity index (χ3v) is 3.35. The molecule has 0 bridgehead atoms. The van der Waals surface area contributed by atoms with Gasteiger partial charge in [-0.3, -0.25) is 24.1 Å². The average molecular weight is 362 g/mol. The quantitative estimate of drug-likeness (QED) is 0.543. The van der Waals surface area contributed by atoms with E-state index in [1.54, 1.807) is 24.3 Å². The largest absolute Gasteiger partial charge is 0.454 e. The number of amides is 5. The van der Waals surface area contributed by atoms with Gasteiger partial charge >= 0.3 is 12.0 Å². The standard InChI is InChI=1S/C16H18N4O6/c1-10(21)17-11-4-3-5-12(6-11)18-13(22)9-26-15(24)8-20-14(23)7-19(2)16(20)25/h3-6H,7-9H2,1-2H3,(H,17,21)(H,18,22). The Morgan fingerprint density at radius 2 is 1.81 bits per heavy atom. The Morgan fingerprint density at radius 3 is 2.38 bits per heavy atom. The highest BCUT2D eigenvalue weighted by Gasteiger charge is 2.35. The van der Waals surface area contributed by atoms with Crippen LogP contribution in [0.3, 0.4) is 0 Å². The minimum Gasteiger partial charge on any atom is -0.454 e. The molecular formula is C16H18N4O6. The Labute approximate surface area is 149 Å². The summed E-state index contributed by atoms with van der Waals surface area (Å²) in [7, 11) is 1.44. The number of ether oxygens (including phenoxy) is 1. The predicted molar refractivity (Wildman–Crippen MR) is 90.1 cm³/mol. The van der Waals surface area contributed by atoms with Crippen molar-refractivity contribution in [3.8, 4) is 0 Å². The maximum Gasteiger partial charge on any atom is 0.327 e. The van der Waals surface area contributed by atoms with Crippen LogP contribution < -0.4 is 10.6 Å². The predicted octanol–water partition coefficient (Wildman–Crippen LogP) is 0.0207. The Bertz CT molecular complexity index is 763. The smallest absolute Gasteiger partial charge is 0.327 e. The van der Waals surface area contributed by atoms with Crippen molar-refractivity contribution in [2.75, 3.05) is 37.4 Å². The summed E-state index contributed by atoms with van der Waals surface area (Å²) >= 11 is 0. The van der Waals surface area contributed by atoms with Gasteiger partial charge < -0.3 is 20.3 Å². The number of likely N-dealkylation sites (N-methyl/N-ethyl adjacent to an activating group) is 1. The first-order chi connectivity index (χ1) is 12.3. The van der Waals surface area contributed by atoms with Crippen LogP contribution in [-0.2, 0) is 23.9 Å².